The smallest absolute Gasteiger partial charge is 0.216 e. The van der Waals surface area contributed by atoms with Gasteiger partial charge in [0.2, 0.25) is 9.54 Å². The molecule has 0 atom stereocenters. The molecule has 0 fully saturated rings. The molecule has 10 nitrogen and oxygen atoms in total. The third kappa shape index (κ3) is 6.01. The summed E-state index contributed by atoms with van der Waals surface area (Å²) in [5, 5.41) is 22.8. The van der Waals surface area contributed by atoms with Gasteiger partial charge in [0.15, 0.2) is 11.6 Å². The van der Waals surface area contributed by atoms with E-state index in [1.54, 1.807) is 21.8 Å². The first kappa shape index (κ1) is 25.2. The minimum atomic E-state index is 0.342. The van der Waals surface area contributed by atoms with Gasteiger partial charge in [-0.2, -0.15) is 29.8 Å². The average Bonchev–Trinajstić information content (AvgIpc) is 3.45. The zero-order valence-corrected chi connectivity index (χ0v) is 21.6. The Labute approximate surface area is 218 Å². The summed E-state index contributed by atoms with van der Waals surface area (Å²) < 4.78 is 16.1. The zero-order chi connectivity index (χ0) is 25.3. The molecule has 0 aliphatic carbocycles. The summed E-state index contributed by atoms with van der Waals surface area (Å²) in [6.07, 6.45) is 4.83. The van der Waals surface area contributed by atoms with Gasteiger partial charge in [-0.25, -0.2) is 0 Å². The van der Waals surface area contributed by atoms with Crippen LogP contribution in [-0.4, -0.2) is 55.4 Å². The van der Waals surface area contributed by atoms with Crippen LogP contribution < -0.4 is 9.47 Å². The fourth-order valence-electron chi connectivity index (χ4n) is 3.32. The Kier molecular flexibility index (Phi) is 8.53. The third-order valence-electron chi connectivity index (χ3n) is 5.13. The van der Waals surface area contributed by atoms with Crippen LogP contribution in [0.4, 0.5) is 0 Å². The van der Waals surface area contributed by atoms with Crippen molar-refractivity contribution in [3.63, 3.8) is 0 Å². The number of aryl methyl sites for hydroxylation is 2. The zero-order valence-electron chi connectivity index (χ0n) is 19.9. The molecule has 0 aliphatic heterocycles. The van der Waals surface area contributed by atoms with E-state index in [1.807, 2.05) is 62.4 Å². The molecule has 2 aromatic heterocycles. The summed E-state index contributed by atoms with van der Waals surface area (Å²) in [5.41, 5.74) is 1.64. The Hall–Kier alpha value is -3.90. The molecule has 0 radical (unpaired) electrons. The fourth-order valence-corrected chi connectivity index (χ4v) is 3.72. The molecule has 12 heteroatoms. The van der Waals surface area contributed by atoms with Gasteiger partial charge >= 0.3 is 0 Å². The van der Waals surface area contributed by atoms with Gasteiger partial charge in [0.05, 0.1) is 12.4 Å². The lowest BCUT2D eigenvalue weighted by molar-refractivity contribution is 0.217. The Morgan fingerprint density at radius 1 is 0.750 bits per heavy atom. The second kappa shape index (κ2) is 12.2. The van der Waals surface area contributed by atoms with Crippen LogP contribution in [0.5, 0.6) is 11.5 Å². The number of hydrogen-bond acceptors (Lipinski definition) is 8. The Morgan fingerprint density at radius 2 is 1.17 bits per heavy atom. The van der Waals surface area contributed by atoms with E-state index in [9.17, 15) is 0 Å². The molecular formula is C24H26N8O2S2. The molecule has 0 aliphatic rings. The Bertz CT molecular complexity index is 1370. The number of ether oxygens (including phenoxy) is 2. The van der Waals surface area contributed by atoms with E-state index in [-0.39, 0.29) is 0 Å². The predicted molar refractivity (Wildman–Crippen MR) is 143 cm³/mol. The van der Waals surface area contributed by atoms with E-state index in [0.717, 1.165) is 22.8 Å². The van der Waals surface area contributed by atoms with Crippen molar-refractivity contribution in [1.29, 1.82) is 0 Å². The first-order valence-corrected chi connectivity index (χ1v) is 12.3. The summed E-state index contributed by atoms with van der Waals surface area (Å²) in [7, 11) is 0. The van der Waals surface area contributed by atoms with Gasteiger partial charge in [0.1, 0.15) is 24.7 Å². The highest BCUT2D eigenvalue weighted by molar-refractivity contribution is 7.71. The average molecular weight is 523 g/mol. The quantitative estimate of drug-likeness (QED) is 0.170. The fraction of sp³-hybridized carbons (Fsp3) is 0.250. The van der Waals surface area contributed by atoms with Crippen LogP contribution in [0.15, 0.2) is 58.7 Å². The van der Waals surface area contributed by atoms with Crippen LogP contribution in [-0.2, 0) is 12.8 Å². The van der Waals surface area contributed by atoms with Crippen molar-refractivity contribution in [1.82, 2.24) is 29.7 Å². The molecule has 2 aromatic carbocycles. The number of rotatable bonds is 11. The van der Waals surface area contributed by atoms with Crippen molar-refractivity contribution in [2.75, 3.05) is 13.2 Å². The van der Waals surface area contributed by atoms with E-state index in [1.165, 1.54) is 0 Å². The topological polar surface area (TPSA) is 110 Å². The first-order chi connectivity index (χ1) is 17.6. The summed E-state index contributed by atoms with van der Waals surface area (Å²) >= 11 is 10.5. The first-order valence-electron chi connectivity index (χ1n) is 11.5. The van der Waals surface area contributed by atoms with Gasteiger partial charge in [0.25, 0.3) is 0 Å². The number of hydrogen-bond donors (Lipinski definition) is 2. The lowest BCUT2D eigenvalue weighted by Gasteiger charge is -2.11. The van der Waals surface area contributed by atoms with Gasteiger partial charge < -0.3 is 9.47 Å². The second-order valence-corrected chi connectivity index (χ2v) is 8.26. The molecule has 36 heavy (non-hydrogen) atoms. The number of nitrogens with zero attached hydrogens (tertiary/aromatic N) is 6. The van der Waals surface area contributed by atoms with Crippen LogP contribution in [0.1, 0.15) is 36.6 Å². The van der Waals surface area contributed by atoms with E-state index in [2.05, 4.69) is 30.6 Å². The number of aromatic nitrogens is 6. The lowest BCUT2D eigenvalue weighted by atomic mass is 10.2. The number of H-pyrrole nitrogens is 2. The van der Waals surface area contributed by atoms with Crippen molar-refractivity contribution in [3.05, 3.63) is 80.8 Å². The number of benzene rings is 2. The minimum Gasteiger partial charge on any atom is -0.489 e. The van der Waals surface area contributed by atoms with E-state index in [4.69, 9.17) is 33.9 Å². The molecule has 2 N–H and O–H groups in total. The van der Waals surface area contributed by atoms with Gasteiger partial charge in [-0.1, -0.05) is 38.1 Å². The number of para-hydroxylation sites is 2. The highest BCUT2D eigenvalue weighted by atomic mass is 32.1. The molecule has 0 bridgehead atoms. The summed E-state index contributed by atoms with van der Waals surface area (Å²) in [6, 6.07) is 15.3. The summed E-state index contributed by atoms with van der Waals surface area (Å²) in [6.45, 7) is 4.67. The van der Waals surface area contributed by atoms with Crippen molar-refractivity contribution in [2.24, 2.45) is 10.2 Å². The largest absolute Gasteiger partial charge is 0.489 e. The van der Waals surface area contributed by atoms with Crippen molar-refractivity contribution in [3.8, 4) is 11.5 Å². The maximum absolute atomic E-state index is 5.98. The van der Waals surface area contributed by atoms with Crippen molar-refractivity contribution >= 4 is 36.9 Å². The number of nitrogens with one attached hydrogen (secondary N) is 2. The predicted octanol–water partition coefficient (Wildman–Crippen LogP) is 4.54. The highest BCUT2D eigenvalue weighted by Gasteiger charge is 2.06. The van der Waals surface area contributed by atoms with Crippen LogP contribution in [0.25, 0.3) is 0 Å². The van der Waals surface area contributed by atoms with E-state index < -0.39 is 0 Å². The maximum Gasteiger partial charge on any atom is 0.216 e. The standard InChI is InChI=1S/C24H26N8O2S2/c1-3-21-27-29-23(35)31(21)25-15-17-9-5-7-11-19(17)33-13-14-34-20-12-8-6-10-18(20)16-26-32-22(4-2)28-30-24(32)36/h5-12,15-16H,3-4,13-14H2,1-2H3,(H,29,35)(H,30,36). The van der Waals surface area contributed by atoms with Crippen LogP contribution in [0.2, 0.25) is 0 Å². The maximum atomic E-state index is 5.98. The van der Waals surface area contributed by atoms with Gasteiger partial charge in [-0.15, -0.1) is 0 Å². The van der Waals surface area contributed by atoms with Gasteiger partial charge in [-0.05, 0) is 48.7 Å². The monoisotopic (exact) mass is 522 g/mol. The molecule has 186 valence electrons. The van der Waals surface area contributed by atoms with Crippen molar-refractivity contribution < 1.29 is 9.47 Å². The van der Waals surface area contributed by atoms with Crippen LogP contribution >= 0.6 is 24.4 Å². The summed E-state index contributed by atoms with van der Waals surface area (Å²) in [5.74, 6) is 2.89. The van der Waals surface area contributed by atoms with E-state index >= 15 is 0 Å². The van der Waals surface area contributed by atoms with Crippen molar-refractivity contribution in [2.45, 2.75) is 26.7 Å². The number of aromatic amines is 2. The highest BCUT2D eigenvalue weighted by Crippen LogP contribution is 2.18. The molecule has 2 heterocycles. The molecule has 4 rings (SSSR count). The SMILES string of the molecule is CCc1n[nH]c(=S)n1N=Cc1ccccc1OCCOc1ccccc1C=Nn1c(CC)n[nH]c1=S. The molecule has 4 aromatic rings. The molecule has 0 saturated carbocycles. The van der Waals surface area contributed by atoms with Gasteiger partial charge in [-0.3, -0.25) is 10.2 Å². The second-order valence-electron chi connectivity index (χ2n) is 7.48. The molecule has 0 saturated heterocycles. The molecular weight excluding hydrogens is 496 g/mol. The Balaban J connectivity index is 1.39. The normalized spacial score (nSPS) is 11.5. The van der Waals surface area contributed by atoms with Crippen LogP contribution in [0, 0.1) is 9.54 Å². The molecule has 0 amide bonds. The Morgan fingerprint density at radius 3 is 1.58 bits per heavy atom. The third-order valence-corrected chi connectivity index (χ3v) is 5.66. The van der Waals surface area contributed by atoms with Crippen LogP contribution in [0.3, 0.4) is 0 Å². The molecule has 0 spiro atoms. The molecule has 0 unspecified atom stereocenters. The van der Waals surface area contributed by atoms with E-state index in [0.29, 0.717) is 47.1 Å². The minimum absolute atomic E-state index is 0.342. The lowest BCUT2D eigenvalue weighted by Crippen LogP contribution is -2.11. The summed E-state index contributed by atoms with van der Waals surface area (Å²) in [4.78, 5) is 0. The van der Waals surface area contributed by atoms with Gasteiger partial charge in [0, 0.05) is 24.0 Å².